The molecular formula is C23H20ClN3. The second-order valence-electron chi connectivity index (χ2n) is 6.68. The van der Waals surface area contributed by atoms with Gasteiger partial charge in [-0.1, -0.05) is 23.7 Å². The van der Waals surface area contributed by atoms with Gasteiger partial charge in [-0.25, -0.2) is 0 Å². The molecule has 0 unspecified atom stereocenters. The summed E-state index contributed by atoms with van der Waals surface area (Å²) >= 11 is 6.20. The van der Waals surface area contributed by atoms with Crippen LogP contribution in [0.4, 0.5) is 5.69 Å². The highest BCUT2D eigenvalue weighted by atomic mass is 35.5. The average Bonchev–Trinajstić information content (AvgIpc) is 2.96. The smallest absolute Gasteiger partial charge is 0.0703 e. The van der Waals surface area contributed by atoms with Crippen LogP contribution in [0.25, 0.3) is 16.6 Å². The lowest BCUT2D eigenvalue weighted by Crippen LogP contribution is -1.99. The minimum atomic E-state index is 0.736. The maximum absolute atomic E-state index is 6.20. The van der Waals surface area contributed by atoms with Crippen LogP contribution in [0.2, 0.25) is 5.02 Å². The summed E-state index contributed by atoms with van der Waals surface area (Å²) in [7, 11) is 0. The monoisotopic (exact) mass is 373 g/mol. The predicted molar refractivity (Wildman–Crippen MR) is 114 cm³/mol. The zero-order chi connectivity index (χ0) is 19.0. The van der Waals surface area contributed by atoms with Crippen LogP contribution in [0.1, 0.15) is 22.5 Å². The Hall–Kier alpha value is -2.91. The molecule has 2 aromatic carbocycles. The Bertz CT molecular complexity index is 1170. The van der Waals surface area contributed by atoms with Gasteiger partial charge in [0.05, 0.1) is 11.2 Å². The van der Waals surface area contributed by atoms with Crippen LogP contribution in [-0.2, 0) is 0 Å². The van der Waals surface area contributed by atoms with Crippen molar-refractivity contribution in [2.45, 2.75) is 20.8 Å². The maximum atomic E-state index is 6.20. The molecular weight excluding hydrogens is 354 g/mol. The molecule has 134 valence electrons. The molecule has 2 heterocycles. The van der Waals surface area contributed by atoms with E-state index in [1.165, 1.54) is 5.69 Å². The highest BCUT2D eigenvalue weighted by Crippen LogP contribution is 2.27. The largest absolute Gasteiger partial charge is 0.318 e. The number of pyridine rings is 1. The lowest BCUT2D eigenvalue weighted by molar-refractivity contribution is 0.967. The number of aliphatic imine (C=N–C) groups is 1. The number of nitrogens with zero attached hydrogens (tertiary/aromatic N) is 3. The Morgan fingerprint density at radius 1 is 1.00 bits per heavy atom. The molecule has 0 saturated carbocycles. The summed E-state index contributed by atoms with van der Waals surface area (Å²) in [4.78, 5) is 9.07. The van der Waals surface area contributed by atoms with Crippen molar-refractivity contribution in [1.82, 2.24) is 9.55 Å². The van der Waals surface area contributed by atoms with Gasteiger partial charge in [0.2, 0.25) is 0 Å². The van der Waals surface area contributed by atoms with Gasteiger partial charge in [-0.15, -0.1) is 0 Å². The fraction of sp³-hybridized carbons (Fsp3) is 0.130. The summed E-state index contributed by atoms with van der Waals surface area (Å²) in [6.07, 6.45) is 3.74. The molecule has 0 aliphatic carbocycles. The van der Waals surface area contributed by atoms with Gasteiger partial charge in [-0.3, -0.25) is 9.98 Å². The minimum Gasteiger partial charge on any atom is -0.318 e. The van der Waals surface area contributed by atoms with Gasteiger partial charge in [-0.2, -0.15) is 0 Å². The zero-order valence-electron chi connectivity index (χ0n) is 15.6. The Balaban J connectivity index is 1.75. The Labute approximate surface area is 164 Å². The fourth-order valence-electron chi connectivity index (χ4n) is 3.39. The van der Waals surface area contributed by atoms with Crippen LogP contribution in [-0.4, -0.2) is 15.8 Å². The summed E-state index contributed by atoms with van der Waals surface area (Å²) in [5.41, 5.74) is 7.43. The van der Waals surface area contributed by atoms with E-state index in [4.69, 9.17) is 11.6 Å². The average molecular weight is 374 g/mol. The molecule has 2 aromatic heterocycles. The molecule has 27 heavy (non-hydrogen) atoms. The van der Waals surface area contributed by atoms with Crippen molar-refractivity contribution in [2.75, 3.05) is 0 Å². The molecule has 0 radical (unpaired) electrons. The van der Waals surface area contributed by atoms with Crippen molar-refractivity contribution in [3.63, 3.8) is 0 Å². The molecule has 3 nitrogen and oxygen atoms in total. The number of aromatic nitrogens is 2. The number of fused-ring (bicyclic) bond motifs is 1. The van der Waals surface area contributed by atoms with Crippen molar-refractivity contribution in [2.24, 2.45) is 4.99 Å². The number of halogens is 1. The van der Waals surface area contributed by atoms with Crippen molar-refractivity contribution in [1.29, 1.82) is 0 Å². The quantitative estimate of drug-likeness (QED) is 0.384. The SMILES string of the molecule is Cc1c(Cl)cccc1N=Cc1cc(C)n(-c2ccc3ncccc3c2)c1C. The molecule has 0 spiro atoms. The molecule has 0 aliphatic rings. The summed E-state index contributed by atoms with van der Waals surface area (Å²) in [5.74, 6) is 0. The Morgan fingerprint density at radius 2 is 1.85 bits per heavy atom. The molecule has 0 atom stereocenters. The fourth-order valence-corrected chi connectivity index (χ4v) is 3.56. The van der Waals surface area contributed by atoms with Crippen molar-refractivity contribution >= 4 is 34.4 Å². The van der Waals surface area contributed by atoms with E-state index < -0.39 is 0 Å². The van der Waals surface area contributed by atoms with Crippen LogP contribution in [0.15, 0.2) is 65.8 Å². The molecule has 4 rings (SSSR count). The van der Waals surface area contributed by atoms with Crippen molar-refractivity contribution < 1.29 is 0 Å². The number of rotatable bonds is 3. The third kappa shape index (κ3) is 3.26. The number of benzene rings is 2. The summed E-state index contributed by atoms with van der Waals surface area (Å²) < 4.78 is 2.25. The van der Waals surface area contributed by atoms with Gasteiger partial charge in [0.15, 0.2) is 0 Å². The summed E-state index contributed by atoms with van der Waals surface area (Å²) in [5, 5.41) is 1.87. The van der Waals surface area contributed by atoms with E-state index in [2.05, 4.69) is 58.7 Å². The highest BCUT2D eigenvalue weighted by molar-refractivity contribution is 6.31. The van der Waals surface area contributed by atoms with Gasteiger partial charge >= 0.3 is 0 Å². The van der Waals surface area contributed by atoms with E-state index in [0.717, 1.165) is 44.1 Å². The third-order valence-corrected chi connectivity index (χ3v) is 5.31. The predicted octanol–water partition coefficient (Wildman–Crippen LogP) is 6.35. The standard InChI is InChI=1S/C23H20ClN3/c1-15-12-19(14-26-22-8-4-7-21(24)16(22)2)17(3)27(15)20-9-10-23-18(13-20)6-5-11-25-23/h4-14H,1-3H3. The normalized spacial score (nSPS) is 11.6. The molecule has 0 aliphatic heterocycles. The van der Waals surface area contributed by atoms with Crippen LogP contribution >= 0.6 is 11.6 Å². The molecule has 4 aromatic rings. The highest BCUT2D eigenvalue weighted by Gasteiger charge is 2.10. The topological polar surface area (TPSA) is 30.2 Å². The maximum Gasteiger partial charge on any atom is 0.0703 e. The van der Waals surface area contributed by atoms with E-state index in [1.54, 1.807) is 0 Å². The first-order valence-electron chi connectivity index (χ1n) is 8.88. The second-order valence-corrected chi connectivity index (χ2v) is 7.09. The van der Waals surface area contributed by atoms with E-state index in [0.29, 0.717) is 0 Å². The molecule has 0 saturated heterocycles. The van der Waals surface area contributed by atoms with Gasteiger partial charge in [-0.05, 0) is 68.8 Å². The van der Waals surface area contributed by atoms with Crippen LogP contribution in [0.5, 0.6) is 0 Å². The molecule has 0 amide bonds. The third-order valence-electron chi connectivity index (χ3n) is 4.90. The number of hydrogen-bond donors (Lipinski definition) is 0. The van der Waals surface area contributed by atoms with Gasteiger partial charge in [0.1, 0.15) is 0 Å². The first-order chi connectivity index (χ1) is 13.0. The number of aryl methyl sites for hydroxylation is 1. The first kappa shape index (κ1) is 17.5. The van der Waals surface area contributed by atoms with E-state index in [9.17, 15) is 0 Å². The molecule has 0 N–H and O–H groups in total. The van der Waals surface area contributed by atoms with Gasteiger partial charge < -0.3 is 4.57 Å². The Kier molecular flexibility index (Phi) is 4.54. The van der Waals surface area contributed by atoms with E-state index in [1.807, 2.05) is 43.6 Å². The second kappa shape index (κ2) is 7.01. The van der Waals surface area contributed by atoms with Gasteiger partial charge in [0, 0.05) is 45.5 Å². The molecule has 0 bridgehead atoms. The van der Waals surface area contributed by atoms with Gasteiger partial charge in [0.25, 0.3) is 0 Å². The Morgan fingerprint density at radius 3 is 2.70 bits per heavy atom. The molecule has 0 fully saturated rings. The van der Waals surface area contributed by atoms with Crippen molar-refractivity contribution in [3.05, 3.63) is 88.3 Å². The number of hydrogen-bond acceptors (Lipinski definition) is 2. The van der Waals surface area contributed by atoms with Crippen LogP contribution in [0, 0.1) is 20.8 Å². The first-order valence-corrected chi connectivity index (χ1v) is 9.25. The lowest BCUT2D eigenvalue weighted by atomic mass is 10.2. The van der Waals surface area contributed by atoms with E-state index >= 15 is 0 Å². The van der Waals surface area contributed by atoms with Crippen molar-refractivity contribution in [3.8, 4) is 5.69 Å². The van der Waals surface area contributed by atoms with Crippen LogP contribution in [0.3, 0.4) is 0 Å². The van der Waals surface area contributed by atoms with E-state index in [-0.39, 0.29) is 0 Å². The molecule has 4 heteroatoms. The van der Waals surface area contributed by atoms with Crippen LogP contribution < -0.4 is 0 Å². The summed E-state index contributed by atoms with van der Waals surface area (Å²) in [6, 6.07) is 18.3. The zero-order valence-corrected chi connectivity index (χ0v) is 16.3. The lowest BCUT2D eigenvalue weighted by Gasteiger charge is -2.10. The summed E-state index contributed by atoms with van der Waals surface area (Å²) in [6.45, 7) is 6.22. The minimum absolute atomic E-state index is 0.736.